The van der Waals surface area contributed by atoms with Gasteiger partial charge in [0, 0.05) is 24.3 Å². The zero-order valence-electron chi connectivity index (χ0n) is 13.0. The largest absolute Gasteiger partial charge is 0.305 e. The van der Waals surface area contributed by atoms with Crippen LogP contribution >= 0.6 is 35.7 Å². The second kappa shape index (κ2) is 8.11. The molecule has 0 spiro atoms. The number of amides is 2. The highest BCUT2D eigenvalue weighted by Gasteiger charge is 2.32. The van der Waals surface area contributed by atoms with Gasteiger partial charge in [-0.2, -0.15) is 0 Å². The Morgan fingerprint density at radius 3 is 2.96 bits per heavy atom. The van der Waals surface area contributed by atoms with Crippen molar-refractivity contribution in [3.8, 4) is 0 Å². The molecule has 3 rings (SSSR count). The summed E-state index contributed by atoms with van der Waals surface area (Å²) in [5, 5.41) is 3.33. The van der Waals surface area contributed by atoms with E-state index in [1.165, 1.54) is 28.8 Å². The van der Waals surface area contributed by atoms with Crippen LogP contribution in [0.1, 0.15) is 12.0 Å². The van der Waals surface area contributed by atoms with Crippen molar-refractivity contribution in [2.45, 2.75) is 6.42 Å². The van der Waals surface area contributed by atoms with Crippen LogP contribution in [-0.4, -0.2) is 45.0 Å². The Morgan fingerprint density at radius 1 is 1.44 bits per heavy atom. The number of hydrogen-bond donors (Lipinski definition) is 1. The lowest BCUT2D eigenvalue weighted by Crippen LogP contribution is -2.34. The predicted molar refractivity (Wildman–Crippen MR) is 104 cm³/mol. The quantitative estimate of drug-likeness (QED) is 0.627. The molecule has 0 unspecified atom stereocenters. The Kier molecular flexibility index (Phi) is 5.87. The number of benzene rings is 1. The SMILES string of the molecule is O=C(CCN1C(=O)/C(=C/c2ccccc2F)SC1=S)NC1=NCCS1. The molecule has 2 aliphatic rings. The lowest BCUT2D eigenvalue weighted by atomic mass is 10.2. The van der Waals surface area contributed by atoms with E-state index in [1.807, 2.05) is 0 Å². The maximum absolute atomic E-state index is 13.7. The number of carbonyl (C=O) groups is 2. The zero-order chi connectivity index (χ0) is 17.8. The van der Waals surface area contributed by atoms with Crippen LogP contribution in [0.25, 0.3) is 6.08 Å². The van der Waals surface area contributed by atoms with Crippen molar-refractivity contribution < 1.29 is 14.0 Å². The van der Waals surface area contributed by atoms with Gasteiger partial charge in [-0.25, -0.2) is 4.39 Å². The Hall–Kier alpha value is -1.71. The van der Waals surface area contributed by atoms with Crippen LogP contribution in [0.3, 0.4) is 0 Å². The molecule has 9 heteroatoms. The lowest BCUT2D eigenvalue weighted by molar-refractivity contribution is -0.123. The second-order valence-electron chi connectivity index (χ2n) is 5.19. The monoisotopic (exact) mass is 395 g/mol. The highest BCUT2D eigenvalue weighted by molar-refractivity contribution is 8.26. The first-order chi connectivity index (χ1) is 12.0. The zero-order valence-corrected chi connectivity index (χ0v) is 15.5. The smallest absolute Gasteiger partial charge is 0.266 e. The molecule has 25 heavy (non-hydrogen) atoms. The van der Waals surface area contributed by atoms with Crippen LogP contribution in [0.4, 0.5) is 4.39 Å². The van der Waals surface area contributed by atoms with Crippen LogP contribution in [0.2, 0.25) is 0 Å². The van der Waals surface area contributed by atoms with Gasteiger partial charge in [-0.05, 0) is 12.1 Å². The summed E-state index contributed by atoms with van der Waals surface area (Å²) < 4.78 is 14.1. The minimum atomic E-state index is -0.401. The van der Waals surface area contributed by atoms with Crippen molar-refractivity contribution in [3.63, 3.8) is 0 Å². The number of aliphatic imine (C=N–C) groups is 1. The van der Waals surface area contributed by atoms with Crippen molar-refractivity contribution in [2.24, 2.45) is 4.99 Å². The van der Waals surface area contributed by atoms with Crippen LogP contribution < -0.4 is 5.32 Å². The van der Waals surface area contributed by atoms with Crippen LogP contribution in [0.15, 0.2) is 34.2 Å². The van der Waals surface area contributed by atoms with Gasteiger partial charge in [-0.1, -0.05) is 53.9 Å². The van der Waals surface area contributed by atoms with E-state index < -0.39 is 5.82 Å². The number of carbonyl (C=O) groups excluding carboxylic acids is 2. The van der Waals surface area contributed by atoms with Crippen LogP contribution in [0, 0.1) is 5.82 Å². The molecule has 1 aromatic carbocycles. The van der Waals surface area contributed by atoms with E-state index in [1.54, 1.807) is 18.2 Å². The third-order valence-corrected chi connectivity index (χ3v) is 5.73. The maximum atomic E-state index is 13.7. The van der Waals surface area contributed by atoms with Gasteiger partial charge in [0.05, 0.1) is 11.4 Å². The third kappa shape index (κ3) is 4.47. The van der Waals surface area contributed by atoms with E-state index in [2.05, 4.69) is 10.3 Å². The lowest BCUT2D eigenvalue weighted by Gasteiger charge is -2.13. The normalized spacial score (nSPS) is 18.8. The molecule has 2 aliphatic heterocycles. The first kappa shape index (κ1) is 18.1. The van der Waals surface area contributed by atoms with Gasteiger partial charge >= 0.3 is 0 Å². The number of nitrogens with zero attached hydrogens (tertiary/aromatic N) is 2. The second-order valence-corrected chi connectivity index (χ2v) is 7.95. The molecule has 0 saturated carbocycles. The molecule has 0 radical (unpaired) electrons. The predicted octanol–water partition coefficient (Wildman–Crippen LogP) is 2.64. The summed E-state index contributed by atoms with van der Waals surface area (Å²) >= 11 is 7.82. The van der Waals surface area contributed by atoms with Gasteiger partial charge in [0.2, 0.25) is 5.91 Å². The highest BCUT2D eigenvalue weighted by Crippen LogP contribution is 2.32. The van der Waals surface area contributed by atoms with Crippen molar-refractivity contribution in [1.82, 2.24) is 10.2 Å². The molecule has 1 aromatic rings. The molecule has 1 N–H and O–H groups in total. The Labute approximate surface area is 158 Å². The highest BCUT2D eigenvalue weighted by atomic mass is 32.2. The van der Waals surface area contributed by atoms with E-state index in [9.17, 15) is 14.0 Å². The van der Waals surface area contributed by atoms with Crippen molar-refractivity contribution >= 4 is 63.1 Å². The fraction of sp³-hybridized carbons (Fsp3) is 0.250. The van der Waals surface area contributed by atoms with Crippen molar-refractivity contribution in [1.29, 1.82) is 0 Å². The van der Waals surface area contributed by atoms with Gasteiger partial charge in [0.25, 0.3) is 5.91 Å². The topological polar surface area (TPSA) is 61.8 Å². The van der Waals surface area contributed by atoms with E-state index in [0.717, 1.165) is 17.5 Å². The number of thiocarbonyl (C=S) groups is 1. The summed E-state index contributed by atoms with van der Waals surface area (Å²) in [7, 11) is 0. The van der Waals surface area contributed by atoms with Gasteiger partial charge in [-0.15, -0.1) is 0 Å². The molecule has 2 amide bonds. The molecule has 0 atom stereocenters. The van der Waals surface area contributed by atoms with Gasteiger partial charge < -0.3 is 5.32 Å². The molecule has 0 bridgehead atoms. The summed E-state index contributed by atoms with van der Waals surface area (Å²) in [4.78, 5) is 30.3. The van der Waals surface area contributed by atoms with Crippen LogP contribution in [-0.2, 0) is 9.59 Å². The molecule has 2 heterocycles. The van der Waals surface area contributed by atoms with E-state index in [4.69, 9.17) is 12.2 Å². The third-order valence-electron chi connectivity index (χ3n) is 3.46. The first-order valence-electron chi connectivity index (χ1n) is 7.51. The van der Waals surface area contributed by atoms with E-state index in [0.29, 0.717) is 26.5 Å². The average Bonchev–Trinajstić information content (AvgIpc) is 3.17. The number of amidine groups is 1. The number of nitrogens with one attached hydrogen (secondary N) is 1. The Bertz CT molecular complexity index is 795. The van der Waals surface area contributed by atoms with Gasteiger partial charge in [-0.3, -0.25) is 19.5 Å². The summed E-state index contributed by atoms with van der Waals surface area (Å²) in [5.41, 5.74) is 0.331. The summed E-state index contributed by atoms with van der Waals surface area (Å²) in [6.45, 7) is 0.888. The number of rotatable bonds is 4. The van der Waals surface area contributed by atoms with Crippen molar-refractivity contribution in [3.05, 3.63) is 40.6 Å². The molecular formula is C16H14FN3O2S3. The average molecular weight is 396 g/mol. The fourth-order valence-corrected chi connectivity index (χ4v) is 4.28. The van der Waals surface area contributed by atoms with Crippen LogP contribution in [0.5, 0.6) is 0 Å². The number of hydrogen-bond acceptors (Lipinski definition) is 6. The number of thioether (sulfide) groups is 2. The Balaban J connectivity index is 1.61. The molecule has 5 nitrogen and oxygen atoms in total. The first-order valence-corrected chi connectivity index (χ1v) is 9.72. The maximum Gasteiger partial charge on any atom is 0.266 e. The standard InChI is InChI=1S/C16H14FN3O2S3/c17-11-4-2-1-3-10(11)9-12-14(22)20(16(23)25-12)7-5-13(21)19-15-18-6-8-24-15/h1-4,9H,5-8H2,(H,18,19,21)/b12-9-. The molecule has 1 fully saturated rings. The summed E-state index contributed by atoms with van der Waals surface area (Å²) in [6, 6.07) is 6.21. The van der Waals surface area contributed by atoms with Gasteiger partial charge in [0.15, 0.2) is 5.17 Å². The van der Waals surface area contributed by atoms with Crippen molar-refractivity contribution in [2.75, 3.05) is 18.8 Å². The fourth-order valence-electron chi connectivity index (χ4n) is 2.23. The van der Waals surface area contributed by atoms with E-state index >= 15 is 0 Å². The minimum Gasteiger partial charge on any atom is -0.305 e. The summed E-state index contributed by atoms with van der Waals surface area (Å²) in [6.07, 6.45) is 1.61. The molecule has 1 saturated heterocycles. The number of halogens is 1. The molecule has 130 valence electrons. The van der Waals surface area contributed by atoms with Gasteiger partial charge in [0.1, 0.15) is 10.1 Å². The molecule has 0 aromatic heterocycles. The molecular weight excluding hydrogens is 381 g/mol. The minimum absolute atomic E-state index is 0.124. The summed E-state index contributed by atoms with van der Waals surface area (Å²) in [5.74, 6) is -0.0496. The van der Waals surface area contributed by atoms with E-state index in [-0.39, 0.29) is 24.8 Å². The molecule has 0 aliphatic carbocycles. The Morgan fingerprint density at radius 2 is 2.24 bits per heavy atom.